The van der Waals surface area contributed by atoms with E-state index >= 15 is 0 Å². The zero-order chi connectivity index (χ0) is 20.5. The molecule has 1 saturated heterocycles. The first-order chi connectivity index (χ1) is 14.1. The number of nitrogens with zero attached hydrogens (tertiary/aromatic N) is 1. The number of para-hydroxylation sites is 1. The normalized spacial score (nSPS) is 16.0. The van der Waals surface area contributed by atoms with E-state index in [1.165, 1.54) is 6.21 Å². The molecule has 29 heavy (non-hydrogen) atoms. The van der Waals surface area contributed by atoms with Crippen molar-refractivity contribution in [2.24, 2.45) is 5.10 Å². The first-order valence-electron chi connectivity index (χ1n) is 9.31. The zero-order valence-corrected chi connectivity index (χ0v) is 16.5. The molecule has 0 aliphatic carbocycles. The third kappa shape index (κ3) is 6.30. The largest absolute Gasteiger partial charge is 0.488 e. The fraction of sp³-hybridized carbons (Fsp3) is 0.286. The van der Waals surface area contributed by atoms with E-state index in [2.05, 4.69) is 15.8 Å². The molecule has 0 aromatic heterocycles. The van der Waals surface area contributed by atoms with E-state index in [1.807, 2.05) is 30.3 Å². The van der Waals surface area contributed by atoms with E-state index in [9.17, 15) is 9.59 Å². The summed E-state index contributed by atoms with van der Waals surface area (Å²) in [5.74, 6) is -1.01. The fourth-order valence-electron chi connectivity index (χ4n) is 2.79. The number of nitrogens with one attached hydrogen (secondary N) is 2. The number of carbonyl (C=O) groups excluding carboxylic acids is 2. The Morgan fingerprint density at radius 1 is 1.17 bits per heavy atom. The average molecular weight is 416 g/mol. The second-order valence-corrected chi connectivity index (χ2v) is 6.87. The lowest BCUT2D eigenvalue weighted by molar-refractivity contribution is -0.139. The van der Waals surface area contributed by atoms with Crippen LogP contribution in [0.5, 0.6) is 5.75 Å². The maximum Gasteiger partial charge on any atom is 0.329 e. The minimum absolute atomic E-state index is 0.0302. The van der Waals surface area contributed by atoms with Gasteiger partial charge in [0.25, 0.3) is 0 Å². The molecule has 2 aromatic rings. The van der Waals surface area contributed by atoms with Crippen molar-refractivity contribution >= 4 is 29.6 Å². The van der Waals surface area contributed by atoms with E-state index < -0.39 is 11.8 Å². The second kappa shape index (κ2) is 10.6. The van der Waals surface area contributed by atoms with Crippen LogP contribution in [0.15, 0.2) is 53.6 Å². The summed E-state index contributed by atoms with van der Waals surface area (Å²) in [6.45, 7) is 1.30. The first-order valence-corrected chi connectivity index (χ1v) is 9.69. The number of ether oxygens (including phenoxy) is 2. The number of amides is 2. The van der Waals surface area contributed by atoms with Gasteiger partial charge in [-0.3, -0.25) is 9.59 Å². The lowest BCUT2D eigenvalue weighted by Gasteiger charge is -2.10. The molecule has 0 bridgehead atoms. The minimum atomic E-state index is -0.839. The number of carbonyl (C=O) groups is 2. The number of halogens is 1. The Morgan fingerprint density at radius 3 is 2.76 bits per heavy atom. The van der Waals surface area contributed by atoms with Gasteiger partial charge in [-0.05, 0) is 31.0 Å². The standard InChI is InChI=1S/C21H22ClN3O4/c22-18-9-3-1-7-16(18)14-29-19-10-4-2-6-15(19)12-24-25-21(27)20(26)23-13-17-8-5-11-28-17/h1-4,6-7,9-10,12,17H,5,8,11,13-14H2,(H,23,26)(H,25,27)/b24-12-/t17-/m0/s1. The highest BCUT2D eigenvalue weighted by Crippen LogP contribution is 2.20. The molecule has 0 radical (unpaired) electrons. The zero-order valence-electron chi connectivity index (χ0n) is 15.8. The van der Waals surface area contributed by atoms with E-state index in [4.69, 9.17) is 21.1 Å². The van der Waals surface area contributed by atoms with E-state index in [0.29, 0.717) is 36.1 Å². The van der Waals surface area contributed by atoms with Crippen LogP contribution < -0.4 is 15.5 Å². The summed E-state index contributed by atoms with van der Waals surface area (Å²) >= 11 is 6.15. The van der Waals surface area contributed by atoms with Crippen molar-refractivity contribution in [1.29, 1.82) is 0 Å². The highest BCUT2D eigenvalue weighted by atomic mass is 35.5. The van der Waals surface area contributed by atoms with Gasteiger partial charge in [-0.25, -0.2) is 5.43 Å². The molecule has 1 fully saturated rings. The number of hydrogen-bond acceptors (Lipinski definition) is 5. The Bertz CT molecular complexity index is 882. The lowest BCUT2D eigenvalue weighted by atomic mass is 10.2. The Balaban J connectivity index is 1.51. The predicted octanol–water partition coefficient (Wildman–Crippen LogP) is 2.66. The van der Waals surface area contributed by atoms with Gasteiger partial charge in [-0.15, -0.1) is 0 Å². The third-order valence-corrected chi connectivity index (χ3v) is 4.72. The van der Waals surface area contributed by atoms with Gasteiger partial charge in [-0.2, -0.15) is 5.10 Å². The van der Waals surface area contributed by atoms with E-state index in [-0.39, 0.29) is 6.10 Å². The van der Waals surface area contributed by atoms with Crippen molar-refractivity contribution in [3.8, 4) is 5.75 Å². The summed E-state index contributed by atoms with van der Waals surface area (Å²) in [7, 11) is 0. The number of hydrazone groups is 1. The molecule has 152 valence electrons. The van der Waals surface area contributed by atoms with Crippen LogP contribution in [0, 0.1) is 0 Å². The molecule has 1 atom stereocenters. The fourth-order valence-corrected chi connectivity index (χ4v) is 2.98. The maximum atomic E-state index is 11.8. The van der Waals surface area contributed by atoms with Gasteiger partial charge in [-0.1, -0.05) is 41.9 Å². The summed E-state index contributed by atoms with van der Waals surface area (Å²) in [5, 5.41) is 7.02. The van der Waals surface area contributed by atoms with Crippen LogP contribution in [-0.2, 0) is 20.9 Å². The Labute approximate surface area is 174 Å². The first kappa shape index (κ1) is 20.8. The van der Waals surface area contributed by atoms with Gasteiger partial charge in [0.1, 0.15) is 12.4 Å². The molecule has 0 unspecified atom stereocenters. The van der Waals surface area contributed by atoms with Gasteiger partial charge in [0.2, 0.25) is 0 Å². The quantitative estimate of drug-likeness (QED) is 0.413. The predicted molar refractivity (Wildman–Crippen MR) is 110 cm³/mol. The van der Waals surface area contributed by atoms with Crippen LogP contribution in [-0.4, -0.2) is 37.3 Å². The van der Waals surface area contributed by atoms with Gasteiger partial charge < -0.3 is 14.8 Å². The summed E-state index contributed by atoms with van der Waals surface area (Å²) < 4.78 is 11.2. The average Bonchev–Trinajstić information content (AvgIpc) is 3.26. The maximum absolute atomic E-state index is 11.8. The molecule has 2 N–H and O–H groups in total. The van der Waals surface area contributed by atoms with Crippen molar-refractivity contribution in [1.82, 2.24) is 10.7 Å². The van der Waals surface area contributed by atoms with Crippen LogP contribution >= 0.6 is 11.6 Å². The number of rotatable bonds is 7. The van der Waals surface area contributed by atoms with Gasteiger partial charge in [0.05, 0.1) is 12.3 Å². The van der Waals surface area contributed by atoms with Crippen molar-refractivity contribution in [2.75, 3.05) is 13.2 Å². The van der Waals surface area contributed by atoms with Crippen LogP contribution in [0.1, 0.15) is 24.0 Å². The SMILES string of the molecule is O=C(NC[C@@H]1CCCO1)C(=O)N/N=C\c1ccccc1OCc1ccccc1Cl. The van der Waals surface area contributed by atoms with Crippen LogP contribution in [0.25, 0.3) is 0 Å². The molecule has 1 aliphatic rings. The van der Waals surface area contributed by atoms with Crippen molar-refractivity contribution in [3.63, 3.8) is 0 Å². The molecule has 3 rings (SSSR count). The Hall–Kier alpha value is -2.90. The van der Waals surface area contributed by atoms with Crippen LogP contribution in [0.2, 0.25) is 5.02 Å². The topological polar surface area (TPSA) is 89.0 Å². The molecule has 0 spiro atoms. The monoisotopic (exact) mass is 415 g/mol. The summed E-state index contributed by atoms with van der Waals surface area (Å²) in [6.07, 6.45) is 3.24. The Morgan fingerprint density at radius 2 is 1.97 bits per heavy atom. The Kier molecular flexibility index (Phi) is 7.61. The van der Waals surface area contributed by atoms with Gasteiger partial charge >= 0.3 is 11.8 Å². The van der Waals surface area contributed by atoms with Crippen LogP contribution in [0.3, 0.4) is 0 Å². The number of benzene rings is 2. The molecule has 7 nitrogen and oxygen atoms in total. The van der Waals surface area contributed by atoms with E-state index in [1.54, 1.807) is 18.2 Å². The third-order valence-electron chi connectivity index (χ3n) is 4.35. The van der Waals surface area contributed by atoms with Gasteiger partial charge in [0, 0.05) is 29.3 Å². The molecule has 8 heteroatoms. The number of hydrogen-bond donors (Lipinski definition) is 2. The van der Waals surface area contributed by atoms with E-state index in [0.717, 1.165) is 18.4 Å². The molecule has 1 heterocycles. The molecule has 2 aromatic carbocycles. The molecular formula is C21H22ClN3O4. The van der Waals surface area contributed by atoms with Gasteiger partial charge in [0.15, 0.2) is 0 Å². The smallest absolute Gasteiger partial charge is 0.329 e. The molecular weight excluding hydrogens is 394 g/mol. The summed E-state index contributed by atoms with van der Waals surface area (Å²) in [4.78, 5) is 23.7. The summed E-state index contributed by atoms with van der Waals surface area (Å²) in [6, 6.07) is 14.6. The summed E-state index contributed by atoms with van der Waals surface area (Å²) in [5.41, 5.74) is 3.73. The van der Waals surface area contributed by atoms with Crippen molar-refractivity contribution < 1.29 is 19.1 Å². The molecule has 0 saturated carbocycles. The minimum Gasteiger partial charge on any atom is -0.488 e. The molecule has 1 aliphatic heterocycles. The molecule has 2 amide bonds. The highest BCUT2D eigenvalue weighted by Gasteiger charge is 2.19. The highest BCUT2D eigenvalue weighted by molar-refractivity contribution is 6.35. The van der Waals surface area contributed by atoms with Crippen molar-refractivity contribution in [3.05, 3.63) is 64.7 Å². The second-order valence-electron chi connectivity index (χ2n) is 6.46. The van der Waals surface area contributed by atoms with Crippen LogP contribution in [0.4, 0.5) is 0 Å². The lowest BCUT2D eigenvalue weighted by Crippen LogP contribution is -2.41. The van der Waals surface area contributed by atoms with Crippen molar-refractivity contribution in [2.45, 2.75) is 25.6 Å².